The molecule has 0 unspecified atom stereocenters. The van der Waals surface area contributed by atoms with Crippen molar-refractivity contribution in [3.8, 4) is 5.75 Å². The summed E-state index contributed by atoms with van der Waals surface area (Å²) >= 11 is 5.62. The smallest absolute Gasteiger partial charge is 0.171 e. The summed E-state index contributed by atoms with van der Waals surface area (Å²) in [6.07, 6.45) is 1.72. The van der Waals surface area contributed by atoms with E-state index in [9.17, 15) is 0 Å². The first-order valence-electron chi connectivity index (χ1n) is 9.60. The van der Waals surface area contributed by atoms with E-state index in [1.807, 2.05) is 42.5 Å². The van der Waals surface area contributed by atoms with Crippen molar-refractivity contribution < 1.29 is 4.74 Å². The topological polar surface area (TPSA) is 33.3 Å². The van der Waals surface area contributed by atoms with E-state index in [1.165, 1.54) is 16.7 Å². The maximum Gasteiger partial charge on any atom is 0.171 e. The minimum absolute atomic E-state index is 0.0352. The summed E-state index contributed by atoms with van der Waals surface area (Å²) in [6, 6.07) is 24.5. The number of thiocarbonyl (C=S) groups is 1. The van der Waals surface area contributed by atoms with Crippen molar-refractivity contribution in [2.45, 2.75) is 19.9 Å². The highest BCUT2D eigenvalue weighted by Crippen LogP contribution is 2.26. The zero-order valence-corrected chi connectivity index (χ0v) is 17.6. The third kappa shape index (κ3) is 5.69. The Balaban J connectivity index is 1.77. The number of nitrogens with one attached hydrogen (secondary N) is 2. The molecule has 0 radical (unpaired) electrons. The zero-order valence-electron chi connectivity index (χ0n) is 16.8. The van der Waals surface area contributed by atoms with Crippen LogP contribution >= 0.6 is 12.2 Å². The van der Waals surface area contributed by atoms with Gasteiger partial charge in [-0.15, -0.1) is 0 Å². The van der Waals surface area contributed by atoms with Gasteiger partial charge in [-0.1, -0.05) is 66.7 Å². The summed E-state index contributed by atoms with van der Waals surface area (Å²) in [7, 11) is 0. The summed E-state index contributed by atoms with van der Waals surface area (Å²) in [4.78, 5) is 0. The second-order valence-electron chi connectivity index (χ2n) is 6.93. The SMILES string of the molecule is C=CCOc1ccc(NC(=S)N[C@@H](c2ccccc2)c2ccc(C)cc2C)cc1. The molecule has 3 nitrogen and oxygen atoms in total. The lowest BCUT2D eigenvalue weighted by atomic mass is 9.94. The fourth-order valence-corrected chi connectivity index (χ4v) is 3.46. The molecular weight excluding hydrogens is 376 g/mol. The third-order valence-corrected chi connectivity index (χ3v) is 4.84. The molecule has 3 aromatic rings. The van der Waals surface area contributed by atoms with Crippen molar-refractivity contribution in [2.24, 2.45) is 0 Å². The Morgan fingerprint density at radius 2 is 1.76 bits per heavy atom. The third-order valence-electron chi connectivity index (χ3n) is 4.62. The van der Waals surface area contributed by atoms with Gasteiger partial charge in [0.05, 0.1) is 6.04 Å². The van der Waals surface area contributed by atoms with E-state index in [4.69, 9.17) is 17.0 Å². The predicted molar refractivity (Wildman–Crippen MR) is 126 cm³/mol. The van der Waals surface area contributed by atoms with E-state index >= 15 is 0 Å². The molecular formula is C25H26N2OS. The lowest BCUT2D eigenvalue weighted by Crippen LogP contribution is -2.33. The van der Waals surface area contributed by atoms with Gasteiger partial charge in [0.2, 0.25) is 0 Å². The minimum Gasteiger partial charge on any atom is -0.490 e. The minimum atomic E-state index is -0.0352. The molecule has 0 bridgehead atoms. The number of ether oxygens (including phenoxy) is 1. The van der Waals surface area contributed by atoms with E-state index < -0.39 is 0 Å². The van der Waals surface area contributed by atoms with Crippen molar-refractivity contribution in [3.05, 3.63) is 108 Å². The van der Waals surface area contributed by atoms with Gasteiger partial charge in [-0.2, -0.15) is 0 Å². The second kappa shape index (κ2) is 9.89. The van der Waals surface area contributed by atoms with Crippen LogP contribution in [0.3, 0.4) is 0 Å². The maximum atomic E-state index is 5.62. The van der Waals surface area contributed by atoms with Crippen LogP contribution in [0, 0.1) is 13.8 Å². The molecule has 1 atom stereocenters. The summed E-state index contributed by atoms with van der Waals surface area (Å²) in [5.74, 6) is 0.798. The van der Waals surface area contributed by atoms with Crippen LogP contribution in [0.15, 0.2) is 85.5 Å². The molecule has 0 saturated carbocycles. The van der Waals surface area contributed by atoms with Crippen molar-refractivity contribution in [2.75, 3.05) is 11.9 Å². The van der Waals surface area contributed by atoms with E-state index in [-0.39, 0.29) is 6.04 Å². The zero-order chi connectivity index (χ0) is 20.6. The quantitative estimate of drug-likeness (QED) is 0.378. The Labute approximate surface area is 178 Å². The molecule has 0 fully saturated rings. The summed E-state index contributed by atoms with van der Waals surface area (Å²) in [5.41, 5.74) is 5.76. The Hall–Kier alpha value is -3.11. The van der Waals surface area contributed by atoms with Crippen LogP contribution in [0.2, 0.25) is 0 Å². The highest BCUT2D eigenvalue weighted by molar-refractivity contribution is 7.80. The van der Waals surface area contributed by atoms with Crippen LogP contribution in [-0.2, 0) is 0 Å². The van der Waals surface area contributed by atoms with Crippen LogP contribution in [-0.4, -0.2) is 11.7 Å². The number of rotatable bonds is 7. The first-order chi connectivity index (χ1) is 14.1. The molecule has 0 amide bonds. The van der Waals surface area contributed by atoms with Gasteiger partial charge in [-0.05, 0) is 67.0 Å². The van der Waals surface area contributed by atoms with Gasteiger partial charge in [-0.3, -0.25) is 0 Å². The Morgan fingerprint density at radius 1 is 1.03 bits per heavy atom. The first kappa shape index (κ1) is 20.6. The predicted octanol–water partition coefficient (Wildman–Crippen LogP) is 5.94. The van der Waals surface area contributed by atoms with E-state index in [2.05, 4.69) is 61.4 Å². The molecule has 0 aromatic heterocycles. The van der Waals surface area contributed by atoms with E-state index in [0.29, 0.717) is 11.7 Å². The largest absolute Gasteiger partial charge is 0.490 e. The molecule has 0 spiro atoms. The highest BCUT2D eigenvalue weighted by atomic mass is 32.1. The number of aryl methyl sites for hydroxylation is 2. The molecule has 0 aliphatic heterocycles. The Bertz CT molecular complexity index is 968. The average Bonchev–Trinajstić information content (AvgIpc) is 2.73. The number of hydrogen-bond acceptors (Lipinski definition) is 2. The van der Waals surface area contributed by atoms with Crippen LogP contribution in [0.25, 0.3) is 0 Å². The van der Waals surface area contributed by atoms with E-state index in [0.717, 1.165) is 17.0 Å². The van der Waals surface area contributed by atoms with Gasteiger partial charge >= 0.3 is 0 Å². The van der Waals surface area contributed by atoms with Crippen LogP contribution in [0.5, 0.6) is 5.75 Å². The molecule has 0 heterocycles. The summed E-state index contributed by atoms with van der Waals surface area (Å²) in [5, 5.41) is 7.32. The normalized spacial score (nSPS) is 11.4. The molecule has 3 rings (SSSR count). The molecule has 2 N–H and O–H groups in total. The standard InChI is InChI=1S/C25H26N2OS/c1-4-16-28-22-13-11-21(12-14-22)26-25(29)27-24(20-8-6-5-7-9-20)23-15-10-18(2)17-19(23)3/h4-15,17,24H,1,16H2,2-3H3,(H2,26,27,29)/t24-/m0/s1. The molecule has 0 saturated heterocycles. The molecule has 0 aliphatic carbocycles. The molecule has 29 heavy (non-hydrogen) atoms. The van der Waals surface area contributed by atoms with E-state index in [1.54, 1.807) is 6.08 Å². The summed E-state index contributed by atoms with van der Waals surface area (Å²) in [6.45, 7) is 8.39. The lowest BCUT2D eigenvalue weighted by Gasteiger charge is -2.24. The fraction of sp³-hybridized carbons (Fsp3) is 0.160. The lowest BCUT2D eigenvalue weighted by molar-refractivity contribution is 0.363. The van der Waals surface area contributed by atoms with Gasteiger partial charge < -0.3 is 15.4 Å². The van der Waals surface area contributed by atoms with Gasteiger partial charge in [-0.25, -0.2) is 0 Å². The first-order valence-corrected chi connectivity index (χ1v) is 10.0. The van der Waals surface area contributed by atoms with Crippen LogP contribution in [0.4, 0.5) is 5.69 Å². The highest BCUT2D eigenvalue weighted by Gasteiger charge is 2.17. The monoisotopic (exact) mass is 402 g/mol. The fourth-order valence-electron chi connectivity index (χ4n) is 3.22. The van der Waals surface area contributed by atoms with Gasteiger partial charge in [0.1, 0.15) is 12.4 Å². The van der Waals surface area contributed by atoms with Crippen molar-refractivity contribution in [3.63, 3.8) is 0 Å². The maximum absolute atomic E-state index is 5.62. The second-order valence-corrected chi connectivity index (χ2v) is 7.33. The van der Waals surface area contributed by atoms with Gasteiger partial charge in [0, 0.05) is 5.69 Å². The number of anilines is 1. The molecule has 3 aromatic carbocycles. The Kier molecular flexibility index (Phi) is 7.04. The van der Waals surface area contributed by atoms with Crippen LogP contribution < -0.4 is 15.4 Å². The number of benzene rings is 3. The average molecular weight is 403 g/mol. The van der Waals surface area contributed by atoms with Gasteiger partial charge in [0.25, 0.3) is 0 Å². The van der Waals surface area contributed by atoms with Crippen molar-refractivity contribution >= 4 is 23.0 Å². The summed E-state index contributed by atoms with van der Waals surface area (Å²) < 4.78 is 5.52. The van der Waals surface area contributed by atoms with Crippen molar-refractivity contribution in [1.29, 1.82) is 0 Å². The molecule has 0 aliphatic rings. The number of hydrogen-bond donors (Lipinski definition) is 2. The molecule has 4 heteroatoms. The van der Waals surface area contributed by atoms with Crippen molar-refractivity contribution in [1.82, 2.24) is 5.32 Å². The van der Waals surface area contributed by atoms with Crippen LogP contribution in [0.1, 0.15) is 28.3 Å². The Morgan fingerprint density at radius 3 is 2.41 bits per heavy atom. The molecule has 148 valence electrons. The van der Waals surface area contributed by atoms with Gasteiger partial charge in [0.15, 0.2) is 5.11 Å².